The Morgan fingerprint density at radius 1 is 1.33 bits per heavy atom. The fourth-order valence-electron chi connectivity index (χ4n) is 1.89. The molecule has 0 bridgehead atoms. The van der Waals surface area contributed by atoms with E-state index in [-0.39, 0.29) is 12.3 Å². The maximum absolute atomic E-state index is 12.1. The second-order valence-corrected chi connectivity index (χ2v) is 5.42. The minimum absolute atomic E-state index is 0.155. The van der Waals surface area contributed by atoms with Gasteiger partial charge in [0.15, 0.2) is 0 Å². The molecular formula is C15H16N2O3S. The number of aryl methyl sites for hydroxylation is 1. The van der Waals surface area contributed by atoms with Crippen LogP contribution in [0.15, 0.2) is 29.6 Å². The third-order valence-electron chi connectivity index (χ3n) is 3.02. The van der Waals surface area contributed by atoms with E-state index in [9.17, 15) is 9.59 Å². The Hall–Kier alpha value is -2.34. The fraction of sp³-hybridized carbons (Fsp3) is 0.200. The molecule has 0 atom stereocenters. The zero-order valence-electron chi connectivity index (χ0n) is 11.8. The van der Waals surface area contributed by atoms with Crippen molar-refractivity contribution in [2.24, 2.45) is 0 Å². The molecule has 0 unspecified atom stereocenters. The standard InChI is InChI=1S/C15H16N2O3S/c1-9-8-21-14(15(19)20-2)13(9)17-12(18)7-10-5-3-4-6-11(10)16/h3-6,8H,7,16H2,1-2H3,(H,17,18). The molecule has 2 aromatic rings. The summed E-state index contributed by atoms with van der Waals surface area (Å²) in [5, 5.41) is 4.57. The molecule has 5 nitrogen and oxygen atoms in total. The van der Waals surface area contributed by atoms with Gasteiger partial charge in [-0.1, -0.05) is 18.2 Å². The van der Waals surface area contributed by atoms with Crippen LogP contribution in [0.4, 0.5) is 11.4 Å². The molecule has 0 aliphatic carbocycles. The quantitative estimate of drug-likeness (QED) is 0.672. The van der Waals surface area contributed by atoms with E-state index >= 15 is 0 Å². The van der Waals surface area contributed by atoms with E-state index in [0.717, 1.165) is 11.1 Å². The number of anilines is 2. The summed E-state index contributed by atoms with van der Waals surface area (Å²) in [5.74, 6) is -0.679. The van der Waals surface area contributed by atoms with Crippen molar-refractivity contribution >= 4 is 34.6 Å². The number of nitrogens with one attached hydrogen (secondary N) is 1. The number of carbonyl (C=O) groups is 2. The zero-order chi connectivity index (χ0) is 15.4. The van der Waals surface area contributed by atoms with Crippen LogP contribution < -0.4 is 11.1 Å². The van der Waals surface area contributed by atoms with Crippen LogP contribution in [-0.2, 0) is 16.0 Å². The highest BCUT2D eigenvalue weighted by Crippen LogP contribution is 2.28. The van der Waals surface area contributed by atoms with E-state index < -0.39 is 5.97 Å². The van der Waals surface area contributed by atoms with E-state index in [2.05, 4.69) is 5.32 Å². The van der Waals surface area contributed by atoms with Gasteiger partial charge in [0.25, 0.3) is 0 Å². The molecule has 0 aliphatic rings. The number of rotatable bonds is 4. The predicted molar refractivity (Wildman–Crippen MR) is 83.6 cm³/mol. The first kappa shape index (κ1) is 15.1. The van der Waals surface area contributed by atoms with Gasteiger partial charge in [-0.15, -0.1) is 11.3 Å². The van der Waals surface area contributed by atoms with Gasteiger partial charge in [-0.2, -0.15) is 0 Å². The first-order valence-corrected chi connectivity index (χ1v) is 7.20. The molecule has 110 valence electrons. The van der Waals surface area contributed by atoms with Crippen molar-refractivity contribution in [2.75, 3.05) is 18.2 Å². The molecule has 6 heteroatoms. The van der Waals surface area contributed by atoms with Crippen molar-refractivity contribution in [1.82, 2.24) is 0 Å². The molecule has 1 heterocycles. The van der Waals surface area contributed by atoms with Gasteiger partial charge < -0.3 is 15.8 Å². The summed E-state index contributed by atoms with van der Waals surface area (Å²) in [6.45, 7) is 1.83. The second kappa shape index (κ2) is 6.41. The Morgan fingerprint density at radius 2 is 2.05 bits per heavy atom. The number of para-hydroxylation sites is 1. The summed E-state index contributed by atoms with van der Waals surface area (Å²) in [5.41, 5.74) is 8.48. The molecule has 0 aliphatic heterocycles. The van der Waals surface area contributed by atoms with Crippen LogP contribution in [0.5, 0.6) is 0 Å². The highest BCUT2D eigenvalue weighted by atomic mass is 32.1. The molecule has 0 saturated heterocycles. The maximum atomic E-state index is 12.1. The van der Waals surface area contributed by atoms with Gasteiger partial charge in [-0.05, 0) is 29.5 Å². The van der Waals surface area contributed by atoms with Gasteiger partial charge in [0.1, 0.15) is 4.88 Å². The SMILES string of the molecule is COC(=O)c1scc(C)c1NC(=O)Cc1ccccc1N. The number of carbonyl (C=O) groups excluding carboxylic acids is 2. The summed E-state index contributed by atoms with van der Waals surface area (Å²) >= 11 is 1.25. The molecule has 0 fully saturated rings. The van der Waals surface area contributed by atoms with Crippen molar-refractivity contribution < 1.29 is 14.3 Å². The van der Waals surface area contributed by atoms with E-state index in [0.29, 0.717) is 16.3 Å². The Morgan fingerprint density at radius 3 is 2.71 bits per heavy atom. The number of methoxy groups -OCH3 is 1. The number of hydrogen-bond acceptors (Lipinski definition) is 5. The number of hydrogen-bond donors (Lipinski definition) is 2. The first-order chi connectivity index (χ1) is 10.0. The molecular weight excluding hydrogens is 288 g/mol. The van der Waals surface area contributed by atoms with Gasteiger partial charge >= 0.3 is 5.97 Å². The van der Waals surface area contributed by atoms with E-state index in [1.807, 2.05) is 19.1 Å². The van der Waals surface area contributed by atoms with Crippen molar-refractivity contribution in [3.05, 3.63) is 45.6 Å². The Bertz CT molecular complexity index is 679. The Kier molecular flexibility index (Phi) is 4.59. The van der Waals surface area contributed by atoms with Crippen molar-refractivity contribution in [2.45, 2.75) is 13.3 Å². The highest BCUT2D eigenvalue weighted by Gasteiger charge is 2.18. The summed E-state index contributed by atoms with van der Waals surface area (Å²) in [7, 11) is 1.31. The minimum Gasteiger partial charge on any atom is -0.465 e. The fourth-order valence-corrected chi connectivity index (χ4v) is 2.82. The van der Waals surface area contributed by atoms with Crippen LogP contribution >= 0.6 is 11.3 Å². The maximum Gasteiger partial charge on any atom is 0.350 e. The molecule has 0 saturated carbocycles. The number of nitrogens with two attached hydrogens (primary N) is 1. The summed E-state index contributed by atoms with van der Waals surface area (Å²) in [6.07, 6.45) is 0.155. The molecule has 0 spiro atoms. The summed E-state index contributed by atoms with van der Waals surface area (Å²) in [6, 6.07) is 7.19. The lowest BCUT2D eigenvalue weighted by Crippen LogP contribution is -2.17. The zero-order valence-corrected chi connectivity index (χ0v) is 12.6. The number of amides is 1. The number of esters is 1. The lowest BCUT2D eigenvalue weighted by Gasteiger charge is -2.08. The average Bonchev–Trinajstić information content (AvgIpc) is 2.82. The molecule has 0 radical (unpaired) electrons. The van der Waals surface area contributed by atoms with Crippen LogP contribution in [0.25, 0.3) is 0 Å². The van der Waals surface area contributed by atoms with E-state index in [1.165, 1.54) is 18.4 Å². The third kappa shape index (κ3) is 3.41. The number of ether oxygens (including phenoxy) is 1. The van der Waals surface area contributed by atoms with Gasteiger partial charge in [0.2, 0.25) is 5.91 Å². The van der Waals surface area contributed by atoms with E-state index in [1.54, 1.807) is 17.5 Å². The first-order valence-electron chi connectivity index (χ1n) is 6.32. The number of thiophene rings is 1. The number of benzene rings is 1. The van der Waals surface area contributed by atoms with Crippen molar-refractivity contribution in [1.29, 1.82) is 0 Å². The molecule has 3 N–H and O–H groups in total. The summed E-state index contributed by atoms with van der Waals surface area (Å²) in [4.78, 5) is 24.2. The van der Waals surface area contributed by atoms with Crippen LogP contribution in [0.3, 0.4) is 0 Å². The largest absolute Gasteiger partial charge is 0.465 e. The van der Waals surface area contributed by atoms with Crippen molar-refractivity contribution in [3.63, 3.8) is 0 Å². The molecule has 1 amide bonds. The van der Waals surface area contributed by atoms with Gasteiger partial charge in [0.05, 0.1) is 19.2 Å². The second-order valence-electron chi connectivity index (χ2n) is 4.54. The van der Waals surface area contributed by atoms with Gasteiger partial charge in [0, 0.05) is 5.69 Å². The lowest BCUT2D eigenvalue weighted by atomic mass is 10.1. The van der Waals surface area contributed by atoms with Crippen LogP contribution in [0.1, 0.15) is 20.8 Å². The van der Waals surface area contributed by atoms with Crippen molar-refractivity contribution in [3.8, 4) is 0 Å². The Labute approximate surface area is 126 Å². The molecule has 1 aromatic carbocycles. The smallest absolute Gasteiger partial charge is 0.350 e. The summed E-state index contributed by atoms with van der Waals surface area (Å²) < 4.78 is 4.71. The van der Waals surface area contributed by atoms with Gasteiger partial charge in [-0.25, -0.2) is 4.79 Å². The van der Waals surface area contributed by atoms with E-state index in [4.69, 9.17) is 10.5 Å². The Balaban J connectivity index is 2.15. The van der Waals surface area contributed by atoms with Gasteiger partial charge in [-0.3, -0.25) is 4.79 Å². The van der Waals surface area contributed by atoms with Crippen LogP contribution in [-0.4, -0.2) is 19.0 Å². The lowest BCUT2D eigenvalue weighted by molar-refractivity contribution is -0.115. The highest BCUT2D eigenvalue weighted by molar-refractivity contribution is 7.12. The normalized spacial score (nSPS) is 10.2. The predicted octanol–water partition coefficient (Wildman–Crippen LogP) is 2.61. The van der Waals surface area contributed by atoms with Crippen LogP contribution in [0.2, 0.25) is 0 Å². The monoisotopic (exact) mass is 304 g/mol. The minimum atomic E-state index is -0.456. The third-order valence-corrected chi connectivity index (χ3v) is 4.09. The topological polar surface area (TPSA) is 81.4 Å². The molecule has 21 heavy (non-hydrogen) atoms. The van der Waals surface area contributed by atoms with Crippen LogP contribution in [0, 0.1) is 6.92 Å². The molecule has 2 rings (SSSR count). The molecule has 1 aromatic heterocycles. The number of nitrogen functional groups attached to an aromatic ring is 1. The average molecular weight is 304 g/mol.